The van der Waals surface area contributed by atoms with Crippen LogP contribution in [-0.2, 0) is 0 Å². The largest absolute Gasteiger partial charge is 0.383 e. The summed E-state index contributed by atoms with van der Waals surface area (Å²) < 4.78 is 0. The molecule has 2 rings (SSSR count). The third-order valence-corrected chi connectivity index (χ3v) is 2.75. The highest BCUT2D eigenvalue weighted by Crippen LogP contribution is 2.31. The van der Waals surface area contributed by atoms with Gasteiger partial charge in [0.05, 0.1) is 0 Å². The Morgan fingerprint density at radius 2 is 2.29 bits per heavy atom. The van der Waals surface area contributed by atoms with Crippen LogP contribution in [0.2, 0.25) is 0 Å². The van der Waals surface area contributed by atoms with Gasteiger partial charge in [-0.3, -0.25) is 0 Å². The van der Waals surface area contributed by atoms with Gasteiger partial charge in [-0.15, -0.1) is 0 Å². The van der Waals surface area contributed by atoms with Gasteiger partial charge in [0.2, 0.25) is 0 Å². The van der Waals surface area contributed by atoms with Gasteiger partial charge in [-0.05, 0) is 12.8 Å². The zero-order valence-electron chi connectivity index (χ0n) is 7.86. The summed E-state index contributed by atoms with van der Waals surface area (Å²) in [5.41, 5.74) is 11.9. The SMILES string of the molecule is Nc1cc(C2CCCC2N)[nH]c(=O)n1. The third kappa shape index (κ3) is 1.63. The molecular weight excluding hydrogens is 180 g/mol. The van der Waals surface area contributed by atoms with Crippen molar-refractivity contribution >= 4 is 5.82 Å². The molecule has 14 heavy (non-hydrogen) atoms. The topological polar surface area (TPSA) is 97.8 Å². The molecule has 0 radical (unpaired) electrons. The van der Waals surface area contributed by atoms with Crippen LogP contribution in [0.5, 0.6) is 0 Å². The van der Waals surface area contributed by atoms with Crippen LogP contribution in [0, 0.1) is 0 Å². The van der Waals surface area contributed by atoms with Crippen molar-refractivity contribution in [1.82, 2.24) is 9.97 Å². The van der Waals surface area contributed by atoms with E-state index in [0.29, 0.717) is 0 Å². The smallest absolute Gasteiger partial charge is 0.347 e. The quantitative estimate of drug-likeness (QED) is 0.583. The van der Waals surface area contributed by atoms with E-state index in [4.69, 9.17) is 11.5 Å². The average Bonchev–Trinajstić information content (AvgIpc) is 2.49. The fourth-order valence-corrected chi connectivity index (χ4v) is 2.07. The summed E-state index contributed by atoms with van der Waals surface area (Å²) in [7, 11) is 0. The van der Waals surface area contributed by atoms with Crippen LogP contribution in [-0.4, -0.2) is 16.0 Å². The minimum atomic E-state index is -0.390. The standard InChI is InChI=1S/C9H14N4O/c10-6-3-1-2-5(6)7-4-8(11)13-9(14)12-7/h4-6H,1-3,10H2,(H3,11,12,13,14). The number of aromatic amines is 1. The Balaban J connectivity index is 2.36. The fourth-order valence-electron chi connectivity index (χ4n) is 2.07. The molecule has 0 amide bonds. The van der Waals surface area contributed by atoms with Crippen LogP contribution >= 0.6 is 0 Å². The Bertz CT molecular complexity index is 387. The lowest BCUT2D eigenvalue weighted by Gasteiger charge is -2.14. The highest BCUT2D eigenvalue weighted by molar-refractivity contribution is 5.30. The molecule has 1 aromatic heterocycles. The van der Waals surface area contributed by atoms with Crippen molar-refractivity contribution in [3.05, 3.63) is 22.2 Å². The number of nitrogens with one attached hydrogen (secondary N) is 1. The van der Waals surface area contributed by atoms with Gasteiger partial charge in [0.15, 0.2) is 0 Å². The highest BCUT2D eigenvalue weighted by atomic mass is 16.1. The number of aromatic nitrogens is 2. The van der Waals surface area contributed by atoms with Gasteiger partial charge in [-0.25, -0.2) is 4.79 Å². The van der Waals surface area contributed by atoms with Crippen molar-refractivity contribution in [2.75, 3.05) is 5.73 Å². The first-order valence-electron chi connectivity index (χ1n) is 4.79. The van der Waals surface area contributed by atoms with E-state index >= 15 is 0 Å². The number of anilines is 1. The molecule has 1 aliphatic carbocycles. The summed E-state index contributed by atoms with van der Waals surface area (Å²) in [5, 5.41) is 0. The number of hydrogen-bond donors (Lipinski definition) is 3. The Morgan fingerprint density at radius 1 is 1.50 bits per heavy atom. The van der Waals surface area contributed by atoms with Gasteiger partial charge in [0.1, 0.15) is 5.82 Å². The summed E-state index contributed by atoms with van der Waals surface area (Å²) in [4.78, 5) is 17.3. The van der Waals surface area contributed by atoms with E-state index in [1.165, 1.54) is 0 Å². The lowest BCUT2D eigenvalue weighted by atomic mass is 10.00. The maximum Gasteiger partial charge on any atom is 0.347 e. The average molecular weight is 194 g/mol. The first-order valence-corrected chi connectivity index (χ1v) is 4.79. The molecule has 0 spiro atoms. The maximum atomic E-state index is 11.1. The number of hydrogen-bond acceptors (Lipinski definition) is 4. The van der Waals surface area contributed by atoms with E-state index in [1.807, 2.05) is 0 Å². The van der Waals surface area contributed by atoms with Crippen LogP contribution in [0.15, 0.2) is 10.9 Å². The number of nitrogens with zero attached hydrogens (tertiary/aromatic N) is 1. The zero-order valence-corrected chi connectivity index (χ0v) is 7.86. The minimum absolute atomic E-state index is 0.132. The fraction of sp³-hybridized carbons (Fsp3) is 0.556. The molecule has 1 fully saturated rings. The molecule has 1 aliphatic rings. The van der Waals surface area contributed by atoms with Crippen LogP contribution in [0.4, 0.5) is 5.82 Å². The molecule has 1 saturated carbocycles. The molecule has 2 atom stereocenters. The van der Waals surface area contributed by atoms with Gasteiger partial charge < -0.3 is 16.5 Å². The van der Waals surface area contributed by atoms with Crippen molar-refractivity contribution in [1.29, 1.82) is 0 Å². The molecule has 5 nitrogen and oxygen atoms in total. The Labute approximate surface area is 81.5 Å². The lowest BCUT2D eigenvalue weighted by Crippen LogP contribution is -2.26. The van der Waals surface area contributed by atoms with E-state index in [1.54, 1.807) is 6.07 Å². The molecule has 1 aromatic rings. The summed E-state index contributed by atoms with van der Waals surface area (Å²) >= 11 is 0. The van der Waals surface area contributed by atoms with Crippen LogP contribution in [0.3, 0.4) is 0 Å². The van der Waals surface area contributed by atoms with Gasteiger partial charge >= 0.3 is 5.69 Å². The predicted octanol–water partition coefficient (Wildman–Crippen LogP) is -0.0531. The second kappa shape index (κ2) is 3.42. The van der Waals surface area contributed by atoms with Crippen molar-refractivity contribution < 1.29 is 0 Å². The maximum absolute atomic E-state index is 11.1. The Morgan fingerprint density at radius 3 is 2.86 bits per heavy atom. The molecule has 0 aliphatic heterocycles. The van der Waals surface area contributed by atoms with E-state index in [2.05, 4.69) is 9.97 Å². The number of rotatable bonds is 1. The van der Waals surface area contributed by atoms with E-state index in [9.17, 15) is 4.79 Å². The minimum Gasteiger partial charge on any atom is -0.383 e. The second-order valence-corrected chi connectivity index (χ2v) is 3.77. The third-order valence-electron chi connectivity index (χ3n) is 2.75. The van der Waals surface area contributed by atoms with Crippen LogP contribution in [0.1, 0.15) is 30.9 Å². The van der Waals surface area contributed by atoms with Crippen molar-refractivity contribution in [2.45, 2.75) is 31.2 Å². The molecular formula is C9H14N4O. The molecule has 5 N–H and O–H groups in total. The highest BCUT2D eigenvalue weighted by Gasteiger charge is 2.26. The summed E-state index contributed by atoms with van der Waals surface area (Å²) in [5.74, 6) is 0.496. The zero-order chi connectivity index (χ0) is 10.1. The number of nitrogens with two attached hydrogens (primary N) is 2. The molecule has 0 bridgehead atoms. The first-order chi connectivity index (χ1) is 6.66. The molecule has 0 aromatic carbocycles. The Hall–Kier alpha value is -1.36. The monoisotopic (exact) mass is 194 g/mol. The summed E-state index contributed by atoms with van der Waals surface area (Å²) in [6, 6.07) is 1.84. The van der Waals surface area contributed by atoms with E-state index < -0.39 is 0 Å². The summed E-state index contributed by atoms with van der Waals surface area (Å²) in [6.45, 7) is 0. The van der Waals surface area contributed by atoms with Gasteiger partial charge in [0, 0.05) is 23.7 Å². The normalized spacial score (nSPS) is 26.6. The Kier molecular flexibility index (Phi) is 2.25. The van der Waals surface area contributed by atoms with Crippen LogP contribution in [0.25, 0.3) is 0 Å². The molecule has 1 heterocycles. The lowest BCUT2D eigenvalue weighted by molar-refractivity contribution is 0.595. The number of nitrogen functional groups attached to an aromatic ring is 1. The van der Waals surface area contributed by atoms with Gasteiger partial charge in [0.25, 0.3) is 0 Å². The molecule has 0 saturated heterocycles. The first kappa shape index (κ1) is 9.21. The molecule has 76 valence electrons. The van der Waals surface area contributed by atoms with Crippen LogP contribution < -0.4 is 17.2 Å². The van der Waals surface area contributed by atoms with Gasteiger partial charge in [-0.2, -0.15) is 4.98 Å². The predicted molar refractivity (Wildman–Crippen MR) is 53.8 cm³/mol. The van der Waals surface area contributed by atoms with Crippen molar-refractivity contribution in [3.63, 3.8) is 0 Å². The van der Waals surface area contributed by atoms with E-state index in [0.717, 1.165) is 25.0 Å². The summed E-state index contributed by atoms with van der Waals surface area (Å²) in [6.07, 6.45) is 3.13. The molecule has 5 heteroatoms. The van der Waals surface area contributed by atoms with Gasteiger partial charge in [-0.1, -0.05) is 6.42 Å². The second-order valence-electron chi connectivity index (χ2n) is 3.77. The number of H-pyrrole nitrogens is 1. The van der Waals surface area contributed by atoms with Crippen molar-refractivity contribution in [3.8, 4) is 0 Å². The molecule has 2 unspecified atom stereocenters. The van der Waals surface area contributed by atoms with E-state index in [-0.39, 0.29) is 23.5 Å². The van der Waals surface area contributed by atoms with Crippen molar-refractivity contribution in [2.24, 2.45) is 5.73 Å².